The number of aromatic nitrogens is 1. The second kappa shape index (κ2) is 8.86. The van der Waals surface area contributed by atoms with Gasteiger partial charge in [-0.2, -0.15) is 13.2 Å². The smallest absolute Gasteiger partial charge is 0.412 e. The maximum Gasteiger partial charge on any atom is 0.412 e. The highest BCUT2D eigenvalue weighted by molar-refractivity contribution is 5.72. The van der Waals surface area contributed by atoms with Crippen molar-refractivity contribution in [1.82, 2.24) is 4.57 Å². The Morgan fingerprint density at radius 3 is 2.23 bits per heavy atom. The molecule has 0 aliphatic heterocycles. The van der Waals surface area contributed by atoms with Gasteiger partial charge < -0.3 is 9.30 Å². The van der Waals surface area contributed by atoms with E-state index >= 15 is 0 Å². The van der Waals surface area contributed by atoms with Crippen molar-refractivity contribution in [2.75, 3.05) is 0 Å². The Bertz CT molecular complexity index is 1130. The van der Waals surface area contributed by atoms with Crippen molar-refractivity contribution in [3.05, 3.63) is 102 Å². The molecule has 0 bridgehead atoms. The predicted molar refractivity (Wildman–Crippen MR) is 112 cm³/mol. The van der Waals surface area contributed by atoms with Crippen molar-refractivity contribution >= 4 is 0 Å². The first-order valence-corrected chi connectivity index (χ1v) is 9.21. The number of alkyl halides is 3. The SMILES string of the molecule is C=CCn1cc(O/C=C\C(F)(F)F)c(=O)c(-c2ccc(-c3ccccc3C)cc2)c1. The van der Waals surface area contributed by atoms with E-state index in [4.69, 9.17) is 4.74 Å². The van der Waals surface area contributed by atoms with Crippen molar-refractivity contribution in [3.63, 3.8) is 0 Å². The Morgan fingerprint density at radius 2 is 1.63 bits per heavy atom. The topological polar surface area (TPSA) is 31.2 Å². The van der Waals surface area contributed by atoms with Crippen LogP contribution in [-0.2, 0) is 6.54 Å². The third kappa shape index (κ3) is 5.08. The molecule has 1 heterocycles. The zero-order chi connectivity index (χ0) is 21.7. The van der Waals surface area contributed by atoms with Gasteiger partial charge in [0.2, 0.25) is 5.43 Å². The van der Waals surface area contributed by atoms with Crippen molar-refractivity contribution in [2.24, 2.45) is 0 Å². The quantitative estimate of drug-likeness (QED) is 0.361. The van der Waals surface area contributed by atoms with Crippen LogP contribution < -0.4 is 10.2 Å². The fraction of sp³-hybridized carbons (Fsp3) is 0.125. The minimum absolute atomic E-state index is 0.0616. The number of aryl methyl sites for hydroxylation is 1. The fourth-order valence-electron chi connectivity index (χ4n) is 3.06. The van der Waals surface area contributed by atoms with Gasteiger partial charge in [0.25, 0.3) is 0 Å². The van der Waals surface area contributed by atoms with Crippen LogP contribution in [0.25, 0.3) is 22.3 Å². The molecule has 154 valence electrons. The molecular formula is C24H20F3NO2. The lowest BCUT2D eigenvalue weighted by atomic mass is 9.98. The molecule has 0 radical (unpaired) electrons. The van der Waals surface area contributed by atoms with Crippen molar-refractivity contribution in [1.29, 1.82) is 0 Å². The van der Waals surface area contributed by atoms with Gasteiger partial charge in [0, 0.05) is 18.3 Å². The Hall–Kier alpha value is -3.54. The standard InChI is InChI=1S/C24H20F3NO2/c1-3-13-28-15-21(23(29)22(16-28)30-14-12-24(25,26)27)19-10-8-18(9-11-19)20-7-5-4-6-17(20)2/h3-12,14-16H,1,13H2,2H3/b14-12-. The molecule has 0 N–H and O–H groups in total. The number of halogens is 3. The van der Waals surface area contributed by atoms with E-state index in [0.717, 1.165) is 16.7 Å². The van der Waals surface area contributed by atoms with E-state index in [9.17, 15) is 18.0 Å². The van der Waals surface area contributed by atoms with E-state index in [1.165, 1.54) is 6.20 Å². The molecule has 0 atom stereocenters. The van der Waals surface area contributed by atoms with E-state index in [1.54, 1.807) is 16.8 Å². The third-order valence-electron chi connectivity index (χ3n) is 4.49. The number of pyridine rings is 1. The van der Waals surface area contributed by atoms with Gasteiger partial charge in [0.1, 0.15) is 0 Å². The van der Waals surface area contributed by atoms with Gasteiger partial charge in [-0.3, -0.25) is 4.79 Å². The van der Waals surface area contributed by atoms with E-state index in [-0.39, 0.29) is 11.8 Å². The maximum atomic E-state index is 12.8. The first kappa shape index (κ1) is 21.2. The summed E-state index contributed by atoms with van der Waals surface area (Å²) in [6.45, 7) is 6.05. The van der Waals surface area contributed by atoms with E-state index in [2.05, 4.69) is 6.58 Å². The average Bonchev–Trinajstić information content (AvgIpc) is 2.70. The van der Waals surface area contributed by atoms with Gasteiger partial charge in [-0.1, -0.05) is 54.6 Å². The Balaban J connectivity index is 2.00. The summed E-state index contributed by atoms with van der Waals surface area (Å²) in [5, 5.41) is 0. The molecule has 6 heteroatoms. The molecule has 1 aromatic heterocycles. The molecule has 3 nitrogen and oxygen atoms in total. The third-order valence-corrected chi connectivity index (χ3v) is 4.49. The average molecular weight is 411 g/mol. The number of benzene rings is 2. The summed E-state index contributed by atoms with van der Waals surface area (Å²) in [7, 11) is 0. The minimum Gasteiger partial charge on any atom is -0.459 e. The number of nitrogens with zero attached hydrogens (tertiary/aromatic N) is 1. The van der Waals surface area contributed by atoms with Crippen LogP contribution in [0.3, 0.4) is 0 Å². The van der Waals surface area contributed by atoms with Crippen LogP contribution in [0.4, 0.5) is 13.2 Å². The molecule has 0 spiro atoms. The highest BCUT2D eigenvalue weighted by Crippen LogP contribution is 2.26. The van der Waals surface area contributed by atoms with E-state index in [1.807, 2.05) is 55.5 Å². The fourth-order valence-corrected chi connectivity index (χ4v) is 3.06. The van der Waals surface area contributed by atoms with Crippen LogP contribution in [0.5, 0.6) is 5.75 Å². The zero-order valence-corrected chi connectivity index (χ0v) is 16.3. The summed E-state index contributed by atoms with van der Waals surface area (Å²) < 4.78 is 43.7. The van der Waals surface area contributed by atoms with Crippen molar-refractivity contribution < 1.29 is 17.9 Å². The summed E-state index contributed by atoms with van der Waals surface area (Å²) in [6, 6.07) is 15.4. The molecule has 0 fully saturated rings. The summed E-state index contributed by atoms with van der Waals surface area (Å²) in [6.07, 6.45) is 0.491. The first-order valence-electron chi connectivity index (χ1n) is 9.21. The molecule has 0 saturated heterocycles. The molecule has 0 aliphatic rings. The second-order valence-corrected chi connectivity index (χ2v) is 6.71. The van der Waals surface area contributed by atoms with Gasteiger partial charge in [0.05, 0.1) is 18.5 Å². The second-order valence-electron chi connectivity index (χ2n) is 6.71. The number of hydrogen-bond donors (Lipinski definition) is 0. The number of allylic oxidation sites excluding steroid dienone is 2. The summed E-state index contributed by atoms with van der Waals surface area (Å²) >= 11 is 0. The van der Waals surface area contributed by atoms with Gasteiger partial charge in [-0.25, -0.2) is 0 Å². The van der Waals surface area contributed by atoms with Gasteiger partial charge in [-0.15, -0.1) is 6.58 Å². The summed E-state index contributed by atoms with van der Waals surface area (Å²) in [5.41, 5.74) is 3.69. The van der Waals surface area contributed by atoms with Gasteiger partial charge in [-0.05, 0) is 29.2 Å². The zero-order valence-electron chi connectivity index (χ0n) is 16.3. The summed E-state index contributed by atoms with van der Waals surface area (Å²) in [4.78, 5) is 12.8. The van der Waals surface area contributed by atoms with Gasteiger partial charge >= 0.3 is 6.18 Å². The molecule has 0 unspecified atom stereocenters. The monoisotopic (exact) mass is 411 g/mol. The lowest BCUT2D eigenvalue weighted by molar-refractivity contribution is -0.0809. The van der Waals surface area contributed by atoms with Crippen LogP contribution in [0.15, 0.2) is 90.7 Å². The first-order chi connectivity index (χ1) is 14.3. The predicted octanol–water partition coefficient (Wildman–Crippen LogP) is 6.13. The molecule has 3 aromatic rings. The lowest BCUT2D eigenvalue weighted by Crippen LogP contribution is -2.13. The molecule has 0 saturated carbocycles. The Labute approximate surface area is 172 Å². The largest absolute Gasteiger partial charge is 0.459 e. The highest BCUT2D eigenvalue weighted by Gasteiger charge is 2.22. The number of ether oxygens (including phenoxy) is 1. The minimum atomic E-state index is -4.52. The lowest BCUT2D eigenvalue weighted by Gasteiger charge is -2.11. The molecule has 30 heavy (non-hydrogen) atoms. The molecular weight excluding hydrogens is 391 g/mol. The molecule has 2 aromatic carbocycles. The highest BCUT2D eigenvalue weighted by atomic mass is 19.4. The number of rotatable bonds is 6. The van der Waals surface area contributed by atoms with Crippen LogP contribution in [0.2, 0.25) is 0 Å². The van der Waals surface area contributed by atoms with Crippen LogP contribution in [0.1, 0.15) is 5.56 Å². The number of hydrogen-bond acceptors (Lipinski definition) is 2. The van der Waals surface area contributed by atoms with E-state index < -0.39 is 11.6 Å². The maximum absolute atomic E-state index is 12.8. The van der Waals surface area contributed by atoms with Crippen LogP contribution in [-0.4, -0.2) is 10.7 Å². The summed E-state index contributed by atoms with van der Waals surface area (Å²) in [5.74, 6) is -0.196. The van der Waals surface area contributed by atoms with Crippen molar-refractivity contribution in [2.45, 2.75) is 19.6 Å². The molecule has 0 aliphatic carbocycles. The molecule has 3 rings (SSSR count). The Morgan fingerprint density at radius 1 is 1.00 bits per heavy atom. The van der Waals surface area contributed by atoms with Gasteiger partial charge in [0.15, 0.2) is 5.75 Å². The normalized spacial score (nSPS) is 11.6. The van der Waals surface area contributed by atoms with E-state index in [0.29, 0.717) is 23.9 Å². The van der Waals surface area contributed by atoms with Crippen LogP contribution >= 0.6 is 0 Å². The molecule has 0 amide bonds. The Kier molecular flexibility index (Phi) is 6.26. The van der Waals surface area contributed by atoms with Crippen molar-refractivity contribution in [3.8, 4) is 28.0 Å². The van der Waals surface area contributed by atoms with Crippen LogP contribution in [0, 0.1) is 6.92 Å².